The average Bonchev–Trinajstić information content (AvgIpc) is 2.56. The van der Waals surface area contributed by atoms with E-state index in [2.05, 4.69) is 11.4 Å². The van der Waals surface area contributed by atoms with Crippen molar-refractivity contribution >= 4 is 11.4 Å². The number of benzene rings is 2. The lowest BCUT2D eigenvalue weighted by Gasteiger charge is -2.16. The molecule has 0 spiro atoms. The Morgan fingerprint density at radius 3 is 1.96 bits per heavy atom. The van der Waals surface area contributed by atoms with Gasteiger partial charge in [0.1, 0.15) is 0 Å². The Morgan fingerprint density at radius 2 is 1.48 bits per heavy atom. The zero-order chi connectivity index (χ0) is 17.0. The Balaban J connectivity index is 2.45. The standard InChI is InChI=1S/C18H20N2O3/c1-11-7-15(12(2)6-13(11)10-19)20-14-8-16(21-3)18(23-5)17(9-14)22-4/h6-9,20H,1-5H3. The zero-order valence-corrected chi connectivity index (χ0v) is 14.0. The molecule has 0 aliphatic rings. The summed E-state index contributed by atoms with van der Waals surface area (Å²) in [5, 5.41) is 12.4. The van der Waals surface area contributed by atoms with Crippen molar-refractivity contribution < 1.29 is 14.2 Å². The molecule has 1 N–H and O–H groups in total. The number of nitrogens with zero attached hydrogens (tertiary/aromatic N) is 1. The molecular formula is C18H20N2O3. The molecule has 0 fully saturated rings. The van der Waals surface area contributed by atoms with Crippen LogP contribution in [0.5, 0.6) is 17.2 Å². The van der Waals surface area contributed by atoms with Crippen molar-refractivity contribution in [3.63, 3.8) is 0 Å². The minimum atomic E-state index is 0.549. The van der Waals surface area contributed by atoms with Gasteiger partial charge in [-0.1, -0.05) is 0 Å². The Bertz CT molecular complexity index is 739. The molecule has 0 amide bonds. The van der Waals surface area contributed by atoms with Crippen LogP contribution < -0.4 is 19.5 Å². The van der Waals surface area contributed by atoms with Crippen molar-refractivity contribution in [3.8, 4) is 23.3 Å². The topological polar surface area (TPSA) is 63.5 Å². The Morgan fingerprint density at radius 1 is 0.870 bits per heavy atom. The van der Waals surface area contributed by atoms with Crippen LogP contribution in [0.3, 0.4) is 0 Å². The predicted octanol–water partition coefficient (Wildman–Crippen LogP) is 3.94. The molecular weight excluding hydrogens is 292 g/mol. The molecule has 0 radical (unpaired) electrons. The van der Waals surface area contributed by atoms with Gasteiger partial charge in [0.2, 0.25) is 5.75 Å². The Labute approximate surface area is 136 Å². The fourth-order valence-electron chi connectivity index (χ4n) is 2.38. The van der Waals surface area contributed by atoms with Gasteiger partial charge in [0.15, 0.2) is 11.5 Å². The van der Waals surface area contributed by atoms with E-state index in [4.69, 9.17) is 19.5 Å². The summed E-state index contributed by atoms with van der Waals surface area (Å²) in [7, 11) is 4.73. The Kier molecular flexibility index (Phi) is 4.97. The first-order valence-electron chi connectivity index (χ1n) is 7.12. The van der Waals surface area contributed by atoms with Crippen molar-refractivity contribution in [2.45, 2.75) is 13.8 Å². The number of rotatable bonds is 5. The highest BCUT2D eigenvalue weighted by molar-refractivity contribution is 5.70. The van der Waals surface area contributed by atoms with E-state index in [0.29, 0.717) is 22.8 Å². The summed E-state index contributed by atoms with van der Waals surface area (Å²) < 4.78 is 16.0. The summed E-state index contributed by atoms with van der Waals surface area (Å²) in [6.45, 7) is 3.87. The van der Waals surface area contributed by atoms with Crippen molar-refractivity contribution in [1.82, 2.24) is 0 Å². The van der Waals surface area contributed by atoms with E-state index < -0.39 is 0 Å². The average molecular weight is 312 g/mol. The molecule has 0 saturated heterocycles. The number of nitrogens with one attached hydrogen (secondary N) is 1. The first-order chi connectivity index (χ1) is 11.0. The molecule has 0 aliphatic carbocycles. The van der Waals surface area contributed by atoms with Crippen LogP contribution in [0, 0.1) is 25.2 Å². The van der Waals surface area contributed by atoms with Gasteiger partial charge in [0.05, 0.1) is 33.0 Å². The molecule has 0 bridgehead atoms. The van der Waals surface area contributed by atoms with Crippen LogP contribution >= 0.6 is 0 Å². The second-order valence-electron chi connectivity index (χ2n) is 5.13. The van der Waals surface area contributed by atoms with Crippen molar-refractivity contribution in [2.75, 3.05) is 26.6 Å². The van der Waals surface area contributed by atoms with Gasteiger partial charge >= 0.3 is 0 Å². The number of hydrogen-bond donors (Lipinski definition) is 1. The second kappa shape index (κ2) is 6.93. The van der Waals surface area contributed by atoms with E-state index in [-0.39, 0.29) is 0 Å². The highest BCUT2D eigenvalue weighted by Gasteiger charge is 2.14. The normalized spacial score (nSPS) is 9.91. The lowest BCUT2D eigenvalue weighted by Crippen LogP contribution is -1.99. The van der Waals surface area contributed by atoms with Crippen LogP contribution in [-0.2, 0) is 0 Å². The molecule has 5 heteroatoms. The molecule has 2 rings (SSSR count). The number of ether oxygens (including phenoxy) is 3. The summed E-state index contributed by atoms with van der Waals surface area (Å²) in [4.78, 5) is 0. The number of methoxy groups -OCH3 is 3. The second-order valence-corrected chi connectivity index (χ2v) is 5.13. The smallest absolute Gasteiger partial charge is 0.203 e. The summed E-state index contributed by atoms with van der Waals surface area (Å²) in [5.74, 6) is 1.71. The molecule has 2 aromatic carbocycles. The molecule has 0 heterocycles. The number of hydrogen-bond acceptors (Lipinski definition) is 5. The van der Waals surface area contributed by atoms with E-state index in [1.54, 1.807) is 21.3 Å². The van der Waals surface area contributed by atoms with Gasteiger partial charge in [0.25, 0.3) is 0 Å². The predicted molar refractivity (Wildman–Crippen MR) is 90.0 cm³/mol. The third kappa shape index (κ3) is 3.32. The van der Waals surface area contributed by atoms with Crippen LogP contribution in [-0.4, -0.2) is 21.3 Å². The minimum absolute atomic E-state index is 0.549. The quantitative estimate of drug-likeness (QED) is 0.906. The molecule has 0 saturated carbocycles. The van der Waals surface area contributed by atoms with Crippen molar-refractivity contribution in [3.05, 3.63) is 41.0 Å². The van der Waals surface area contributed by atoms with Crippen LogP contribution in [0.2, 0.25) is 0 Å². The van der Waals surface area contributed by atoms with E-state index in [1.807, 2.05) is 38.1 Å². The van der Waals surface area contributed by atoms with Crippen LogP contribution in [0.4, 0.5) is 11.4 Å². The molecule has 2 aromatic rings. The van der Waals surface area contributed by atoms with Gasteiger partial charge in [-0.15, -0.1) is 0 Å². The molecule has 120 valence electrons. The monoisotopic (exact) mass is 312 g/mol. The SMILES string of the molecule is COc1cc(Nc2cc(C)c(C#N)cc2C)cc(OC)c1OC. The molecule has 5 nitrogen and oxygen atoms in total. The molecule has 0 unspecified atom stereocenters. The first-order valence-corrected chi connectivity index (χ1v) is 7.12. The van der Waals surface area contributed by atoms with Gasteiger partial charge in [-0.25, -0.2) is 0 Å². The van der Waals surface area contributed by atoms with Gasteiger partial charge in [-0.05, 0) is 37.1 Å². The van der Waals surface area contributed by atoms with Crippen molar-refractivity contribution in [1.29, 1.82) is 5.26 Å². The first kappa shape index (κ1) is 16.5. The summed E-state index contributed by atoms with van der Waals surface area (Å²) >= 11 is 0. The van der Waals surface area contributed by atoms with E-state index in [1.165, 1.54) is 0 Å². The third-order valence-electron chi connectivity index (χ3n) is 3.64. The summed E-state index contributed by atoms with van der Waals surface area (Å²) in [6.07, 6.45) is 0. The molecule has 0 atom stereocenters. The Hall–Kier alpha value is -2.87. The molecule has 0 aliphatic heterocycles. The third-order valence-corrected chi connectivity index (χ3v) is 3.64. The highest BCUT2D eigenvalue weighted by atomic mass is 16.5. The maximum Gasteiger partial charge on any atom is 0.203 e. The number of anilines is 2. The van der Waals surface area contributed by atoms with Gasteiger partial charge in [-0.3, -0.25) is 0 Å². The van der Waals surface area contributed by atoms with Crippen molar-refractivity contribution in [2.24, 2.45) is 0 Å². The lowest BCUT2D eigenvalue weighted by atomic mass is 10.0. The van der Waals surface area contributed by atoms with Crippen LogP contribution in [0.25, 0.3) is 0 Å². The lowest BCUT2D eigenvalue weighted by molar-refractivity contribution is 0.324. The highest BCUT2D eigenvalue weighted by Crippen LogP contribution is 2.40. The van der Waals surface area contributed by atoms with E-state index in [0.717, 1.165) is 22.5 Å². The molecule has 23 heavy (non-hydrogen) atoms. The minimum Gasteiger partial charge on any atom is -0.493 e. The van der Waals surface area contributed by atoms with Crippen LogP contribution in [0.1, 0.15) is 16.7 Å². The largest absolute Gasteiger partial charge is 0.493 e. The number of aryl methyl sites for hydroxylation is 2. The van der Waals surface area contributed by atoms with E-state index in [9.17, 15) is 0 Å². The van der Waals surface area contributed by atoms with Gasteiger partial charge in [0, 0.05) is 23.5 Å². The fourth-order valence-corrected chi connectivity index (χ4v) is 2.38. The fraction of sp³-hybridized carbons (Fsp3) is 0.278. The van der Waals surface area contributed by atoms with E-state index >= 15 is 0 Å². The maximum absolute atomic E-state index is 9.10. The maximum atomic E-state index is 9.10. The zero-order valence-electron chi connectivity index (χ0n) is 14.0. The summed E-state index contributed by atoms with van der Waals surface area (Å²) in [5.41, 5.74) is 4.33. The number of nitriles is 1. The molecule has 0 aromatic heterocycles. The van der Waals surface area contributed by atoms with Gasteiger partial charge in [-0.2, -0.15) is 5.26 Å². The summed E-state index contributed by atoms with van der Waals surface area (Å²) in [6, 6.07) is 9.70. The van der Waals surface area contributed by atoms with Crippen LogP contribution in [0.15, 0.2) is 24.3 Å². The van der Waals surface area contributed by atoms with Gasteiger partial charge < -0.3 is 19.5 Å².